The number of rotatable bonds is 6. The molecule has 0 fully saturated rings. The quantitative estimate of drug-likeness (QED) is 0.749. The van der Waals surface area contributed by atoms with Crippen LogP contribution in [0.2, 0.25) is 0 Å². The summed E-state index contributed by atoms with van der Waals surface area (Å²) < 4.78 is 5.16. The Kier molecular flexibility index (Phi) is 4.44. The molecule has 1 amide bonds. The van der Waals surface area contributed by atoms with Crippen molar-refractivity contribution >= 4 is 11.6 Å². The lowest BCUT2D eigenvalue weighted by Crippen LogP contribution is -2.19. The van der Waals surface area contributed by atoms with Crippen molar-refractivity contribution in [1.29, 1.82) is 0 Å². The lowest BCUT2D eigenvalue weighted by Gasteiger charge is -2.09. The van der Waals surface area contributed by atoms with E-state index in [0.717, 1.165) is 11.3 Å². The molecular weight excluding hydrogens is 256 g/mol. The minimum absolute atomic E-state index is 0.134. The number of ether oxygens (including phenoxy) is 1. The number of carbonyl (C=O) groups is 1. The number of anilines is 1. The second kappa shape index (κ2) is 6.47. The Morgan fingerprint density at radius 1 is 1.15 bits per heavy atom. The van der Waals surface area contributed by atoms with Crippen molar-refractivity contribution in [2.24, 2.45) is 5.73 Å². The van der Waals surface area contributed by atoms with E-state index in [4.69, 9.17) is 10.5 Å². The summed E-state index contributed by atoms with van der Waals surface area (Å²) in [6.45, 7) is 0.388. The molecular formula is C15H16N2O3. The van der Waals surface area contributed by atoms with Crippen molar-refractivity contribution in [1.82, 2.24) is 0 Å². The van der Waals surface area contributed by atoms with E-state index >= 15 is 0 Å². The van der Waals surface area contributed by atoms with Crippen LogP contribution in [-0.2, 0) is 11.3 Å². The average molecular weight is 272 g/mol. The van der Waals surface area contributed by atoms with Gasteiger partial charge in [0.25, 0.3) is 5.91 Å². The Balaban J connectivity index is 1.91. The molecule has 0 saturated carbocycles. The molecule has 4 N–H and O–H groups in total. The van der Waals surface area contributed by atoms with Crippen LogP contribution in [0.1, 0.15) is 5.56 Å². The molecule has 0 atom stereocenters. The molecule has 0 radical (unpaired) electrons. The molecule has 0 aromatic heterocycles. The molecule has 2 aromatic carbocycles. The van der Waals surface area contributed by atoms with Crippen molar-refractivity contribution in [2.75, 3.05) is 11.9 Å². The van der Waals surface area contributed by atoms with E-state index < -0.39 is 5.91 Å². The lowest BCUT2D eigenvalue weighted by molar-refractivity contribution is -0.119. The number of hydrogen-bond donors (Lipinski definition) is 3. The number of nitrogens with one attached hydrogen (secondary N) is 1. The van der Waals surface area contributed by atoms with Gasteiger partial charge in [-0.1, -0.05) is 18.2 Å². The molecule has 2 aromatic rings. The maximum atomic E-state index is 10.6. The summed E-state index contributed by atoms with van der Waals surface area (Å²) in [6, 6.07) is 14.3. The van der Waals surface area contributed by atoms with Crippen molar-refractivity contribution in [3.05, 3.63) is 54.1 Å². The number of benzene rings is 2. The monoisotopic (exact) mass is 272 g/mol. The third kappa shape index (κ3) is 3.91. The molecule has 104 valence electrons. The van der Waals surface area contributed by atoms with Crippen LogP contribution in [-0.4, -0.2) is 17.6 Å². The number of hydrogen-bond acceptors (Lipinski definition) is 4. The first-order chi connectivity index (χ1) is 9.65. The van der Waals surface area contributed by atoms with Crippen LogP contribution >= 0.6 is 0 Å². The van der Waals surface area contributed by atoms with Crippen LogP contribution in [0.4, 0.5) is 5.69 Å². The molecule has 0 unspecified atom stereocenters. The Morgan fingerprint density at radius 3 is 2.50 bits per heavy atom. The van der Waals surface area contributed by atoms with E-state index in [0.29, 0.717) is 12.3 Å². The average Bonchev–Trinajstić information content (AvgIpc) is 2.45. The van der Waals surface area contributed by atoms with Crippen LogP contribution in [0.15, 0.2) is 48.5 Å². The van der Waals surface area contributed by atoms with Crippen molar-refractivity contribution in [3.8, 4) is 11.5 Å². The van der Waals surface area contributed by atoms with Gasteiger partial charge in [0.2, 0.25) is 0 Å². The zero-order valence-electron chi connectivity index (χ0n) is 10.9. The van der Waals surface area contributed by atoms with E-state index in [2.05, 4.69) is 5.32 Å². The highest BCUT2D eigenvalue weighted by molar-refractivity contribution is 5.75. The number of nitrogens with two attached hydrogens (primary N) is 1. The molecule has 0 heterocycles. The number of phenolic OH excluding ortho intramolecular Hbond substituents is 1. The number of para-hydroxylation sites is 1. The van der Waals surface area contributed by atoms with Crippen molar-refractivity contribution in [2.45, 2.75) is 6.54 Å². The first kappa shape index (κ1) is 13.7. The van der Waals surface area contributed by atoms with Crippen LogP contribution in [0.25, 0.3) is 0 Å². The molecule has 0 aliphatic rings. The van der Waals surface area contributed by atoms with Gasteiger partial charge in [-0.05, 0) is 30.3 Å². The van der Waals surface area contributed by atoms with Crippen molar-refractivity contribution in [3.63, 3.8) is 0 Å². The molecule has 0 aliphatic carbocycles. The van der Waals surface area contributed by atoms with Gasteiger partial charge in [-0.3, -0.25) is 4.79 Å². The third-order valence-corrected chi connectivity index (χ3v) is 2.71. The van der Waals surface area contributed by atoms with Crippen LogP contribution < -0.4 is 15.8 Å². The zero-order valence-corrected chi connectivity index (χ0v) is 10.9. The smallest absolute Gasteiger partial charge is 0.255 e. The molecule has 2 rings (SSSR count). The van der Waals surface area contributed by atoms with Crippen LogP contribution in [0, 0.1) is 0 Å². The molecule has 0 aliphatic heterocycles. The highest BCUT2D eigenvalue weighted by atomic mass is 16.5. The molecule has 0 bridgehead atoms. The summed E-state index contributed by atoms with van der Waals surface area (Å²) in [7, 11) is 0. The largest absolute Gasteiger partial charge is 0.508 e. The van der Waals surface area contributed by atoms with Crippen molar-refractivity contribution < 1.29 is 14.6 Å². The van der Waals surface area contributed by atoms with Gasteiger partial charge in [-0.25, -0.2) is 0 Å². The molecule has 0 saturated heterocycles. The molecule has 5 heteroatoms. The number of carbonyl (C=O) groups excluding carboxylic acids is 1. The fourth-order valence-corrected chi connectivity index (χ4v) is 1.68. The highest BCUT2D eigenvalue weighted by Crippen LogP contribution is 2.19. The minimum Gasteiger partial charge on any atom is -0.508 e. The Bertz CT molecular complexity index is 582. The maximum Gasteiger partial charge on any atom is 0.255 e. The Morgan fingerprint density at radius 2 is 1.85 bits per heavy atom. The summed E-state index contributed by atoms with van der Waals surface area (Å²) in [4.78, 5) is 10.6. The van der Waals surface area contributed by atoms with Gasteiger partial charge in [0.15, 0.2) is 6.61 Å². The van der Waals surface area contributed by atoms with Gasteiger partial charge >= 0.3 is 0 Å². The lowest BCUT2D eigenvalue weighted by atomic mass is 10.2. The molecule has 5 nitrogen and oxygen atoms in total. The number of primary amides is 1. The normalized spacial score (nSPS) is 10.0. The third-order valence-electron chi connectivity index (χ3n) is 2.71. The predicted octanol–water partition coefficient (Wildman–Crippen LogP) is 1.87. The standard InChI is InChI=1S/C15H16N2O3/c16-15(19)10-20-13-7-5-12(6-8-13)17-9-11-3-1-2-4-14(11)18/h1-8,17-18H,9-10H2,(H2,16,19). The number of amides is 1. The van der Waals surface area contributed by atoms with Gasteiger partial charge in [-0.15, -0.1) is 0 Å². The Labute approximate surface area is 117 Å². The van der Waals surface area contributed by atoms with Gasteiger partial charge in [0.05, 0.1) is 0 Å². The fourth-order valence-electron chi connectivity index (χ4n) is 1.68. The first-order valence-electron chi connectivity index (χ1n) is 6.17. The summed E-state index contributed by atoms with van der Waals surface area (Å²) in [6.07, 6.45) is 0. The highest BCUT2D eigenvalue weighted by Gasteiger charge is 2.01. The van der Waals surface area contributed by atoms with Gasteiger partial charge in [0.1, 0.15) is 11.5 Å². The summed E-state index contributed by atoms with van der Waals surface area (Å²) in [5.74, 6) is 0.338. The maximum absolute atomic E-state index is 10.6. The van der Waals surface area contributed by atoms with Gasteiger partial charge in [-0.2, -0.15) is 0 Å². The summed E-state index contributed by atoms with van der Waals surface area (Å²) in [5, 5.41) is 12.8. The summed E-state index contributed by atoms with van der Waals surface area (Å²) >= 11 is 0. The first-order valence-corrected chi connectivity index (χ1v) is 6.17. The van der Waals surface area contributed by atoms with Gasteiger partial charge < -0.3 is 20.9 Å². The number of phenols is 1. The fraction of sp³-hybridized carbons (Fsp3) is 0.133. The molecule has 0 spiro atoms. The molecule has 20 heavy (non-hydrogen) atoms. The summed E-state index contributed by atoms with van der Waals surface area (Å²) in [5.41, 5.74) is 6.71. The minimum atomic E-state index is -0.508. The second-order valence-corrected chi connectivity index (χ2v) is 4.26. The number of aromatic hydroxyl groups is 1. The van der Waals surface area contributed by atoms with E-state index in [-0.39, 0.29) is 12.4 Å². The second-order valence-electron chi connectivity index (χ2n) is 4.26. The van der Waals surface area contributed by atoms with E-state index in [1.165, 1.54) is 0 Å². The SMILES string of the molecule is NC(=O)COc1ccc(NCc2ccccc2O)cc1. The van der Waals surface area contributed by atoms with E-state index in [1.807, 2.05) is 24.3 Å². The zero-order chi connectivity index (χ0) is 14.4. The van der Waals surface area contributed by atoms with Crippen LogP contribution in [0.5, 0.6) is 11.5 Å². The van der Waals surface area contributed by atoms with Crippen LogP contribution in [0.3, 0.4) is 0 Å². The van der Waals surface area contributed by atoms with E-state index in [1.54, 1.807) is 24.3 Å². The van der Waals surface area contributed by atoms with E-state index in [9.17, 15) is 9.90 Å². The predicted molar refractivity (Wildman–Crippen MR) is 76.6 cm³/mol. The Hall–Kier alpha value is -2.69. The van der Waals surface area contributed by atoms with Gasteiger partial charge in [0, 0.05) is 17.8 Å². The topological polar surface area (TPSA) is 84.6 Å².